The fourth-order valence-corrected chi connectivity index (χ4v) is 4.46. The summed E-state index contributed by atoms with van der Waals surface area (Å²) in [7, 11) is 1.28. The third-order valence-electron chi connectivity index (χ3n) is 7.11. The standard InChI is InChI=1S/C19H17N5O6.C12H12FN3O2.ClH/c1-9(10-3-5-11(6-4-10)19(29)30-2)22-17(26)12-7-13(18(27)28)24-8-21-14(15(20)25)16(24)23-12;13-8-2-1-6(4-14)3-7(8)5-16-10-9(15)11(17)12(10)18;/h3-9H,1-2H3,(H2,20,25)(H,22,26)(H,27,28);1-3,16H,4-5,14-15H2;1H/t9-;;/m0../s1. The molecule has 2 aromatic heterocycles. The van der Waals surface area contributed by atoms with Gasteiger partial charge in [0.25, 0.3) is 22.7 Å². The van der Waals surface area contributed by atoms with Gasteiger partial charge in [-0.1, -0.05) is 18.2 Å². The van der Waals surface area contributed by atoms with Crippen molar-refractivity contribution in [3.05, 3.63) is 120 Å². The molecule has 49 heavy (non-hydrogen) atoms. The second kappa shape index (κ2) is 15.6. The summed E-state index contributed by atoms with van der Waals surface area (Å²) in [4.78, 5) is 77.1. The molecular weight excluding hydrogens is 667 g/mol. The van der Waals surface area contributed by atoms with Crippen molar-refractivity contribution in [2.24, 2.45) is 11.5 Å². The van der Waals surface area contributed by atoms with E-state index in [0.717, 1.165) is 22.4 Å². The Morgan fingerprint density at radius 1 is 1.06 bits per heavy atom. The Morgan fingerprint density at radius 3 is 2.31 bits per heavy atom. The number of methoxy groups -OCH3 is 1. The first-order chi connectivity index (χ1) is 22.8. The molecule has 2 heterocycles. The number of benzene rings is 2. The van der Waals surface area contributed by atoms with Crippen LogP contribution in [0, 0.1) is 5.82 Å². The van der Waals surface area contributed by atoms with Crippen molar-refractivity contribution < 1.29 is 33.4 Å². The number of halogens is 2. The number of amides is 2. The van der Waals surface area contributed by atoms with Gasteiger partial charge >= 0.3 is 11.9 Å². The largest absolute Gasteiger partial charge is 0.477 e. The first kappa shape index (κ1) is 37.3. The molecule has 256 valence electrons. The molecule has 0 bridgehead atoms. The predicted octanol–water partition coefficient (Wildman–Crippen LogP) is 1.30. The first-order valence-corrected chi connectivity index (χ1v) is 14.0. The van der Waals surface area contributed by atoms with Crippen LogP contribution in [0.3, 0.4) is 0 Å². The average molecular weight is 697 g/mol. The van der Waals surface area contributed by atoms with E-state index in [-0.39, 0.29) is 53.1 Å². The predicted molar refractivity (Wildman–Crippen MR) is 177 cm³/mol. The zero-order chi connectivity index (χ0) is 35.3. The Hall–Kier alpha value is -6.20. The van der Waals surface area contributed by atoms with E-state index >= 15 is 0 Å². The number of imidazole rings is 1. The van der Waals surface area contributed by atoms with Gasteiger partial charge in [-0.25, -0.2) is 23.9 Å². The minimum Gasteiger partial charge on any atom is -0.477 e. The minimum atomic E-state index is -1.34. The highest BCUT2D eigenvalue weighted by Gasteiger charge is 2.22. The number of esters is 1. The van der Waals surface area contributed by atoms with Crippen molar-refractivity contribution >= 4 is 53.2 Å². The van der Waals surface area contributed by atoms with Crippen molar-refractivity contribution in [1.82, 2.24) is 19.7 Å². The van der Waals surface area contributed by atoms with E-state index in [2.05, 4.69) is 25.3 Å². The number of ether oxygens (including phenoxy) is 1. The van der Waals surface area contributed by atoms with Crippen LogP contribution in [0.5, 0.6) is 0 Å². The van der Waals surface area contributed by atoms with Gasteiger partial charge in [0.1, 0.15) is 34.9 Å². The van der Waals surface area contributed by atoms with Gasteiger partial charge in [0.15, 0.2) is 11.3 Å². The van der Waals surface area contributed by atoms with Crippen LogP contribution in [0.15, 0.2) is 64.4 Å². The summed E-state index contributed by atoms with van der Waals surface area (Å²) in [6.07, 6.45) is 1.10. The van der Waals surface area contributed by atoms with Crippen molar-refractivity contribution in [3.8, 4) is 0 Å². The summed E-state index contributed by atoms with van der Waals surface area (Å²) in [5.41, 5.74) is 15.9. The number of aromatic carboxylic acids is 1. The Bertz CT molecular complexity index is 2130. The van der Waals surface area contributed by atoms with Gasteiger partial charge in [-0.3, -0.25) is 23.6 Å². The summed E-state index contributed by atoms with van der Waals surface area (Å²) < 4.78 is 19.2. The number of hydrogen-bond donors (Lipinski definition) is 6. The van der Waals surface area contributed by atoms with E-state index in [9.17, 15) is 38.3 Å². The van der Waals surface area contributed by atoms with Crippen molar-refractivity contribution in [2.75, 3.05) is 18.2 Å². The molecule has 3 aromatic carbocycles. The van der Waals surface area contributed by atoms with Crippen LogP contribution in [-0.2, 0) is 17.8 Å². The molecule has 18 heteroatoms. The van der Waals surface area contributed by atoms with Gasteiger partial charge < -0.3 is 37.7 Å². The zero-order valence-electron chi connectivity index (χ0n) is 25.9. The fourth-order valence-electron chi connectivity index (χ4n) is 4.46. The number of nitrogens with two attached hydrogens (primary N) is 3. The topological polar surface area (TPSA) is 264 Å². The summed E-state index contributed by atoms with van der Waals surface area (Å²) >= 11 is 0. The number of carboxylic acids is 1. The van der Waals surface area contributed by atoms with Gasteiger partial charge in [0.05, 0.1) is 18.7 Å². The molecule has 5 aromatic rings. The Labute approximate surface area is 282 Å². The lowest BCUT2D eigenvalue weighted by molar-refractivity contribution is 0.0599. The Morgan fingerprint density at radius 2 is 1.73 bits per heavy atom. The highest BCUT2D eigenvalue weighted by atomic mass is 35.5. The number of nitrogens with zero attached hydrogens (tertiary/aromatic N) is 3. The number of anilines is 2. The molecule has 1 atom stereocenters. The summed E-state index contributed by atoms with van der Waals surface area (Å²) in [5.74, 6) is -3.80. The maximum atomic E-state index is 13.5. The summed E-state index contributed by atoms with van der Waals surface area (Å²) in [6.45, 7) is 2.08. The molecule has 2 amide bonds. The molecule has 0 fully saturated rings. The fraction of sp³-hybridized carbons (Fsp3) is 0.161. The van der Waals surface area contributed by atoms with E-state index < -0.39 is 46.5 Å². The summed E-state index contributed by atoms with van der Waals surface area (Å²) in [6, 6.07) is 11.5. The first-order valence-electron chi connectivity index (χ1n) is 14.0. The van der Waals surface area contributed by atoms with Gasteiger partial charge in [0, 0.05) is 24.7 Å². The molecular formula is C31H30ClFN8O8. The van der Waals surface area contributed by atoms with Gasteiger partial charge in [0.2, 0.25) is 0 Å². The monoisotopic (exact) mass is 696 g/mol. The van der Waals surface area contributed by atoms with Crippen LogP contribution in [0.2, 0.25) is 0 Å². The van der Waals surface area contributed by atoms with Gasteiger partial charge in [-0.05, 0) is 42.3 Å². The van der Waals surface area contributed by atoms with E-state index in [4.69, 9.17) is 17.2 Å². The number of rotatable bonds is 10. The maximum Gasteiger partial charge on any atom is 0.353 e. The molecule has 9 N–H and O–H groups in total. The molecule has 0 spiro atoms. The number of fused-ring (bicyclic) bond motifs is 1. The number of primary amides is 1. The molecule has 0 aliphatic carbocycles. The van der Waals surface area contributed by atoms with E-state index in [0.29, 0.717) is 23.2 Å². The molecule has 5 rings (SSSR count). The second-order valence-electron chi connectivity index (χ2n) is 10.2. The van der Waals surface area contributed by atoms with Crippen molar-refractivity contribution in [1.29, 1.82) is 0 Å². The number of carboxylic acid groups (broad SMARTS) is 1. The van der Waals surface area contributed by atoms with Crippen LogP contribution < -0.4 is 38.7 Å². The molecule has 0 saturated carbocycles. The normalized spacial score (nSPS) is 11.1. The molecule has 0 aliphatic rings. The zero-order valence-corrected chi connectivity index (χ0v) is 26.7. The lowest BCUT2D eigenvalue weighted by Gasteiger charge is -2.15. The lowest BCUT2D eigenvalue weighted by Crippen LogP contribution is -2.37. The smallest absolute Gasteiger partial charge is 0.353 e. The quantitative estimate of drug-likeness (QED) is 0.0889. The van der Waals surface area contributed by atoms with Crippen LogP contribution in [-0.4, -0.2) is 50.3 Å². The number of hydrogen-bond acceptors (Lipinski definition) is 12. The van der Waals surface area contributed by atoms with E-state index in [1.807, 2.05) is 0 Å². The average Bonchev–Trinajstić information content (AvgIpc) is 3.52. The number of nitrogens with one attached hydrogen (secondary N) is 2. The third kappa shape index (κ3) is 8.03. The molecule has 0 aliphatic heterocycles. The maximum absolute atomic E-state index is 13.5. The minimum absolute atomic E-state index is 0. The SMILES string of the molecule is COC(=O)c1ccc([C@H](C)NC(=O)c2cc(C(=O)O)n3cnc(C(N)=O)c3n2)cc1.Cl.NCc1ccc(F)c(CNc2c(N)c(=O)c2=O)c1. The van der Waals surface area contributed by atoms with Crippen LogP contribution in [0.1, 0.15) is 71.5 Å². The second-order valence-corrected chi connectivity index (χ2v) is 10.2. The number of aromatic nitrogens is 3. The molecule has 16 nitrogen and oxygen atoms in total. The number of nitrogen functional groups attached to an aromatic ring is 1. The highest BCUT2D eigenvalue weighted by Crippen LogP contribution is 2.18. The van der Waals surface area contributed by atoms with Gasteiger partial charge in [-0.2, -0.15) is 0 Å². The van der Waals surface area contributed by atoms with Crippen LogP contribution in [0.25, 0.3) is 5.65 Å². The van der Waals surface area contributed by atoms with Crippen LogP contribution in [0.4, 0.5) is 15.8 Å². The molecule has 0 radical (unpaired) electrons. The number of carbonyl (C=O) groups is 4. The van der Waals surface area contributed by atoms with Gasteiger partial charge in [-0.15, -0.1) is 12.4 Å². The lowest BCUT2D eigenvalue weighted by atomic mass is 10.1. The Kier molecular flexibility index (Phi) is 11.9. The van der Waals surface area contributed by atoms with Crippen molar-refractivity contribution in [3.63, 3.8) is 0 Å². The van der Waals surface area contributed by atoms with E-state index in [1.165, 1.54) is 13.2 Å². The molecule has 0 unspecified atom stereocenters. The third-order valence-corrected chi connectivity index (χ3v) is 7.11. The van der Waals surface area contributed by atoms with Crippen LogP contribution >= 0.6 is 12.4 Å². The Balaban J connectivity index is 0.000000293. The van der Waals surface area contributed by atoms with Crippen molar-refractivity contribution in [2.45, 2.75) is 26.1 Å². The summed E-state index contributed by atoms with van der Waals surface area (Å²) in [5, 5.41) is 14.8. The highest BCUT2D eigenvalue weighted by molar-refractivity contribution is 6.00. The van der Waals surface area contributed by atoms with E-state index in [1.54, 1.807) is 43.3 Å². The number of carbonyl (C=O) groups excluding carboxylic acids is 3. The molecule has 0 saturated heterocycles.